The zero-order valence-electron chi connectivity index (χ0n) is 12.0. The number of nitrogens with one attached hydrogen (secondary N) is 1. The van der Waals surface area contributed by atoms with Gasteiger partial charge in [0, 0.05) is 15.7 Å². The summed E-state index contributed by atoms with van der Waals surface area (Å²) in [6.45, 7) is 6.35. The van der Waals surface area contributed by atoms with Crippen LogP contribution in [0, 0.1) is 13.8 Å². The van der Waals surface area contributed by atoms with Crippen LogP contribution in [0.25, 0.3) is 0 Å². The first-order valence-corrected chi connectivity index (χ1v) is 7.55. The highest BCUT2D eigenvalue weighted by Gasteiger charge is 2.14. The van der Waals surface area contributed by atoms with Crippen LogP contribution in [-0.4, -0.2) is 0 Å². The van der Waals surface area contributed by atoms with Crippen LogP contribution < -0.4 is 5.32 Å². The summed E-state index contributed by atoms with van der Waals surface area (Å²) >= 11 is 12.3. The van der Waals surface area contributed by atoms with Gasteiger partial charge in [-0.2, -0.15) is 0 Å². The first-order valence-electron chi connectivity index (χ1n) is 6.80. The average Bonchev–Trinajstić information content (AvgIpc) is 2.40. The highest BCUT2D eigenvalue weighted by atomic mass is 35.5. The molecule has 0 aliphatic carbocycles. The molecule has 0 aromatic heterocycles. The van der Waals surface area contributed by atoms with Crippen LogP contribution in [0.15, 0.2) is 36.4 Å². The van der Waals surface area contributed by atoms with Gasteiger partial charge in [-0.1, -0.05) is 48.3 Å². The fraction of sp³-hybridized carbons (Fsp3) is 0.294. The molecular weight excluding hydrogens is 289 g/mol. The van der Waals surface area contributed by atoms with Gasteiger partial charge in [0.05, 0.1) is 6.04 Å². The van der Waals surface area contributed by atoms with Crippen LogP contribution in [0.1, 0.15) is 36.1 Å². The zero-order valence-corrected chi connectivity index (χ0v) is 13.5. The number of benzene rings is 2. The lowest BCUT2D eigenvalue weighted by atomic mass is 10.0. The Labute approximate surface area is 130 Å². The summed E-state index contributed by atoms with van der Waals surface area (Å²) in [6, 6.07) is 12.3. The van der Waals surface area contributed by atoms with Crippen molar-refractivity contribution in [2.45, 2.75) is 33.2 Å². The second-order valence-electron chi connectivity index (χ2n) is 5.09. The van der Waals surface area contributed by atoms with E-state index in [2.05, 4.69) is 44.3 Å². The minimum Gasteiger partial charge on any atom is -0.378 e. The molecule has 1 unspecified atom stereocenters. The van der Waals surface area contributed by atoms with Crippen molar-refractivity contribution in [3.05, 3.63) is 63.1 Å². The highest BCUT2D eigenvalue weighted by molar-refractivity contribution is 6.35. The Kier molecular flexibility index (Phi) is 4.95. The highest BCUT2D eigenvalue weighted by Crippen LogP contribution is 2.31. The SMILES string of the molecule is CCC(Nc1cc(C)ccc1C)c1ccc(Cl)cc1Cl. The molecule has 0 saturated carbocycles. The van der Waals surface area contributed by atoms with Crippen LogP contribution in [0.3, 0.4) is 0 Å². The van der Waals surface area contributed by atoms with Gasteiger partial charge in [0.25, 0.3) is 0 Å². The van der Waals surface area contributed by atoms with Crippen molar-refractivity contribution in [2.75, 3.05) is 5.32 Å². The molecule has 0 spiro atoms. The molecule has 1 N–H and O–H groups in total. The molecule has 2 aromatic rings. The van der Waals surface area contributed by atoms with Gasteiger partial charge < -0.3 is 5.32 Å². The first kappa shape index (κ1) is 15.2. The molecule has 0 bridgehead atoms. The third-order valence-electron chi connectivity index (χ3n) is 3.47. The van der Waals surface area contributed by atoms with Crippen molar-refractivity contribution >= 4 is 28.9 Å². The van der Waals surface area contributed by atoms with Gasteiger partial charge in [-0.15, -0.1) is 0 Å². The fourth-order valence-electron chi connectivity index (χ4n) is 2.26. The molecule has 3 heteroatoms. The van der Waals surface area contributed by atoms with Gasteiger partial charge in [-0.25, -0.2) is 0 Å². The maximum atomic E-state index is 6.32. The second-order valence-corrected chi connectivity index (χ2v) is 5.93. The van der Waals surface area contributed by atoms with Crippen molar-refractivity contribution in [1.29, 1.82) is 0 Å². The lowest BCUT2D eigenvalue weighted by Gasteiger charge is -2.21. The van der Waals surface area contributed by atoms with Gasteiger partial charge in [0.1, 0.15) is 0 Å². The summed E-state index contributed by atoms with van der Waals surface area (Å²) in [5, 5.41) is 4.96. The molecule has 0 amide bonds. The Morgan fingerprint density at radius 3 is 2.45 bits per heavy atom. The molecule has 0 radical (unpaired) electrons. The van der Waals surface area contributed by atoms with E-state index in [0.29, 0.717) is 10.0 Å². The van der Waals surface area contributed by atoms with E-state index in [9.17, 15) is 0 Å². The van der Waals surface area contributed by atoms with E-state index in [1.807, 2.05) is 12.1 Å². The monoisotopic (exact) mass is 307 g/mol. The number of rotatable bonds is 4. The molecule has 0 aliphatic heterocycles. The minimum atomic E-state index is 0.181. The van der Waals surface area contributed by atoms with Crippen molar-refractivity contribution in [3.63, 3.8) is 0 Å². The molecule has 1 atom stereocenters. The Hall–Kier alpha value is -1.18. The lowest BCUT2D eigenvalue weighted by molar-refractivity contribution is 0.748. The van der Waals surface area contributed by atoms with E-state index in [-0.39, 0.29) is 6.04 Å². The first-order chi connectivity index (χ1) is 9.51. The number of anilines is 1. The number of hydrogen-bond donors (Lipinski definition) is 1. The average molecular weight is 308 g/mol. The van der Waals surface area contributed by atoms with Crippen LogP contribution in [0.4, 0.5) is 5.69 Å². The molecule has 0 aliphatic rings. The lowest BCUT2D eigenvalue weighted by Crippen LogP contribution is -2.11. The summed E-state index contributed by atoms with van der Waals surface area (Å²) in [7, 11) is 0. The largest absolute Gasteiger partial charge is 0.378 e. The van der Waals surface area contributed by atoms with E-state index >= 15 is 0 Å². The van der Waals surface area contributed by atoms with Crippen LogP contribution in [0.5, 0.6) is 0 Å². The summed E-state index contributed by atoms with van der Waals surface area (Å²) in [5.74, 6) is 0. The standard InChI is InChI=1S/C17H19Cl2N/c1-4-16(14-8-7-13(18)10-15(14)19)20-17-9-11(2)5-6-12(17)3/h5-10,16,20H,4H2,1-3H3. The quantitative estimate of drug-likeness (QED) is 0.711. The summed E-state index contributed by atoms with van der Waals surface area (Å²) < 4.78 is 0. The Bertz CT molecular complexity index is 608. The van der Waals surface area contributed by atoms with E-state index in [1.54, 1.807) is 6.07 Å². The summed E-state index contributed by atoms with van der Waals surface area (Å²) in [4.78, 5) is 0. The molecule has 2 aromatic carbocycles. The molecular formula is C17H19Cl2N. The van der Waals surface area contributed by atoms with Crippen molar-refractivity contribution < 1.29 is 0 Å². The molecule has 20 heavy (non-hydrogen) atoms. The molecule has 0 heterocycles. The fourth-order valence-corrected chi connectivity index (χ4v) is 2.80. The van der Waals surface area contributed by atoms with Gasteiger partial charge in [0.2, 0.25) is 0 Å². The molecule has 1 nitrogen and oxygen atoms in total. The Morgan fingerprint density at radius 1 is 1.05 bits per heavy atom. The van der Waals surface area contributed by atoms with Crippen LogP contribution in [-0.2, 0) is 0 Å². The topological polar surface area (TPSA) is 12.0 Å². The van der Waals surface area contributed by atoms with Crippen LogP contribution in [0.2, 0.25) is 10.0 Å². The summed E-state index contributed by atoms with van der Waals surface area (Å²) in [5.41, 5.74) is 4.72. The minimum absolute atomic E-state index is 0.181. The van der Waals surface area contributed by atoms with Gasteiger partial charge in [-0.05, 0) is 55.2 Å². The van der Waals surface area contributed by atoms with Gasteiger partial charge in [-0.3, -0.25) is 0 Å². The van der Waals surface area contributed by atoms with Crippen molar-refractivity contribution in [1.82, 2.24) is 0 Å². The predicted molar refractivity (Wildman–Crippen MR) is 89.0 cm³/mol. The van der Waals surface area contributed by atoms with E-state index in [0.717, 1.165) is 17.7 Å². The normalized spacial score (nSPS) is 12.2. The van der Waals surface area contributed by atoms with Crippen molar-refractivity contribution in [3.8, 4) is 0 Å². The molecule has 106 valence electrons. The number of aryl methyl sites for hydroxylation is 2. The third-order valence-corrected chi connectivity index (χ3v) is 4.03. The Morgan fingerprint density at radius 2 is 1.80 bits per heavy atom. The zero-order chi connectivity index (χ0) is 14.7. The molecule has 0 fully saturated rings. The number of hydrogen-bond acceptors (Lipinski definition) is 1. The predicted octanol–water partition coefficient (Wildman–Crippen LogP) is 6.17. The van der Waals surface area contributed by atoms with E-state index in [4.69, 9.17) is 23.2 Å². The van der Waals surface area contributed by atoms with Gasteiger partial charge >= 0.3 is 0 Å². The molecule has 0 saturated heterocycles. The Balaban J connectivity index is 2.31. The summed E-state index contributed by atoms with van der Waals surface area (Å²) in [6.07, 6.45) is 0.953. The number of halogens is 2. The van der Waals surface area contributed by atoms with E-state index < -0.39 is 0 Å². The van der Waals surface area contributed by atoms with Gasteiger partial charge in [0.15, 0.2) is 0 Å². The third kappa shape index (κ3) is 3.47. The molecule has 2 rings (SSSR count). The van der Waals surface area contributed by atoms with Crippen molar-refractivity contribution in [2.24, 2.45) is 0 Å². The maximum absolute atomic E-state index is 6.32. The second kappa shape index (κ2) is 6.51. The van der Waals surface area contributed by atoms with Crippen LogP contribution >= 0.6 is 23.2 Å². The smallest absolute Gasteiger partial charge is 0.0526 e. The van der Waals surface area contributed by atoms with E-state index in [1.165, 1.54) is 11.1 Å². The maximum Gasteiger partial charge on any atom is 0.0526 e.